The molecule has 1 aliphatic heterocycles. The Balaban J connectivity index is 1.42. The number of epoxide rings is 1. The van der Waals surface area contributed by atoms with E-state index in [0.29, 0.717) is 29.4 Å². The fourth-order valence-corrected chi connectivity index (χ4v) is 3.76. The minimum Gasteiger partial charge on any atom is -0.480 e. The molecule has 3 heterocycles. The van der Waals surface area contributed by atoms with E-state index in [1.807, 2.05) is 6.07 Å². The maximum Gasteiger partial charge on any atom is 0.321 e. The van der Waals surface area contributed by atoms with Crippen molar-refractivity contribution in [3.8, 4) is 0 Å². The van der Waals surface area contributed by atoms with Crippen molar-refractivity contribution < 1.29 is 19.0 Å². The smallest absolute Gasteiger partial charge is 0.321 e. The largest absolute Gasteiger partial charge is 0.480 e. The molecular formula is C21H24FN5O4. The van der Waals surface area contributed by atoms with Crippen LogP contribution in [0.2, 0.25) is 0 Å². The molecule has 164 valence electrons. The summed E-state index contributed by atoms with van der Waals surface area (Å²) in [6.07, 6.45) is 1.71. The molecule has 0 bridgehead atoms. The molecule has 3 aromatic rings. The van der Waals surface area contributed by atoms with Crippen molar-refractivity contribution in [2.24, 2.45) is 5.92 Å². The summed E-state index contributed by atoms with van der Waals surface area (Å²) >= 11 is 0. The second kappa shape index (κ2) is 8.12. The van der Waals surface area contributed by atoms with Crippen LogP contribution in [0.5, 0.6) is 0 Å². The van der Waals surface area contributed by atoms with Gasteiger partial charge in [-0.3, -0.25) is 19.9 Å². The number of nitrogens with two attached hydrogens (primary N) is 1. The van der Waals surface area contributed by atoms with Crippen LogP contribution in [0, 0.1) is 11.7 Å². The highest BCUT2D eigenvalue weighted by Gasteiger charge is 2.44. The lowest BCUT2D eigenvalue weighted by Crippen LogP contribution is -2.42. The van der Waals surface area contributed by atoms with Crippen molar-refractivity contribution in [2.75, 3.05) is 5.73 Å². The standard InChI is InChI=1S/C21H24FN5O4/c1-9(2)15(20(29)30)25-19-16(31-19)12-6-4-10(7-13(12)22)3-5-11-8-24-17-14(11)18(28)27-21(23)26-17/h4,6-9,15-16,19,25H,3,5H2,1-2H3,(H,29,30)(H4,23,24,26,27,28)/t15-,16?,19?/m0/s1. The van der Waals surface area contributed by atoms with Crippen molar-refractivity contribution in [1.29, 1.82) is 0 Å². The fourth-order valence-electron chi connectivity index (χ4n) is 3.76. The Kier molecular flexibility index (Phi) is 5.50. The van der Waals surface area contributed by atoms with Gasteiger partial charge in [0.1, 0.15) is 29.8 Å². The number of aryl methyl sites for hydroxylation is 2. The maximum absolute atomic E-state index is 14.7. The predicted molar refractivity (Wildman–Crippen MR) is 112 cm³/mol. The lowest BCUT2D eigenvalue weighted by atomic mass is 10.0. The summed E-state index contributed by atoms with van der Waals surface area (Å²) < 4.78 is 20.2. The van der Waals surface area contributed by atoms with E-state index in [-0.39, 0.29) is 17.4 Å². The molecule has 0 aliphatic carbocycles. The van der Waals surface area contributed by atoms with Crippen molar-refractivity contribution in [2.45, 2.75) is 45.1 Å². The quantitative estimate of drug-likeness (QED) is 0.343. The lowest BCUT2D eigenvalue weighted by molar-refractivity contribution is -0.140. The van der Waals surface area contributed by atoms with Gasteiger partial charge in [0.15, 0.2) is 0 Å². The van der Waals surface area contributed by atoms with E-state index in [9.17, 15) is 19.1 Å². The number of H-pyrrole nitrogens is 2. The minimum atomic E-state index is -0.964. The van der Waals surface area contributed by atoms with Crippen LogP contribution in [-0.2, 0) is 22.4 Å². The van der Waals surface area contributed by atoms with Gasteiger partial charge in [0.25, 0.3) is 5.56 Å². The number of hydrogen-bond donors (Lipinski definition) is 5. The Morgan fingerprint density at radius 2 is 2.16 bits per heavy atom. The normalized spacial score (nSPS) is 19.1. The van der Waals surface area contributed by atoms with Crippen molar-refractivity contribution in [3.63, 3.8) is 0 Å². The molecule has 0 amide bonds. The SMILES string of the molecule is CC(C)[C@H](NC1OC1c1ccc(CCc2c[nH]c3nc(N)[nH]c(=O)c23)cc1F)C(=O)O. The first-order valence-corrected chi connectivity index (χ1v) is 10.0. The molecule has 0 radical (unpaired) electrons. The van der Waals surface area contributed by atoms with Crippen LogP contribution >= 0.6 is 0 Å². The highest BCUT2D eigenvalue weighted by Crippen LogP contribution is 2.39. The Labute approximate surface area is 176 Å². The number of aromatic amines is 2. The second-order valence-electron chi connectivity index (χ2n) is 8.05. The molecule has 0 saturated carbocycles. The van der Waals surface area contributed by atoms with Gasteiger partial charge in [0.05, 0.1) is 5.39 Å². The lowest BCUT2D eigenvalue weighted by Gasteiger charge is -2.16. The van der Waals surface area contributed by atoms with E-state index in [4.69, 9.17) is 10.5 Å². The van der Waals surface area contributed by atoms with Crippen LogP contribution < -0.4 is 16.6 Å². The van der Waals surface area contributed by atoms with Crippen LogP contribution in [0.1, 0.15) is 36.6 Å². The average Bonchev–Trinajstić information content (AvgIpc) is 3.33. The van der Waals surface area contributed by atoms with E-state index < -0.39 is 30.2 Å². The predicted octanol–water partition coefficient (Wildman–Crippen LogP) is 1.85. The number of aliphatic carboxylic acids is 1. The van der Waals surface area contributed by atoms with Crippen LogP contribution in [-0.4, -0.2) is 38.3 Å². The molecule has 1 aromatic carbocycles. The Hall–Kier alpha value is -3.24. The van der Waals surface area contributed by atoms with Gasteiger partial charge in [-0.1, -0.05) is 26.0 Å². The number of hydrogen-bond acceptors (Lipinski definition) is 6. The molecular weight excluding hydrogens is 405 g/mol. The summed E-state index contributed by atoms with van der Waals surface area (Å²) in [6.45, 7) is 3.59. The summed E-state index contributed by atoms with van der Waals surface area (Å²) in [5.74, 6) is -1.46. The van der Waals surface area contributed by atoms with Crippen LogP contribution in [0.25, 0.3) is 11.0 Å². The van der Waals surface area contributed by atoms with Crippen molar-refractivity contribution in [3.05, 3.63) is 57.3 Å². The van der Waals surface area contributed by atoms with Crippen LogP contribution in [0.3, 0.4) is 0 Å². The number of rotatable bonds is 8. The number of carboxylic acids is 1. The van der Waals surface area contributed by atoms with Gasteiger partial charge >= 0.3 is 5.97 Å². The Bertz CT molecular complexity index is 1190. The summed E-state index contributed by atoms with van der Waals surface area (Å²) in [7, 11) is 0. The number of nitrogen functional groups attached to an aromatic ring is 1. The van der Waals surface area contributed by atoms with E-state index in [0.717, 1.165) is 11.1 Å². The van der Waals surface area contributed by atoms with E-state index in [2.05, 4.69) is 20.3 Å². The average molecular weight is 429 g/mol. The molecule has 31 heavy (non-hydrogen) atoms. The highest BCUT2D eigenvalue weighted by atomic mass is 19.1. The third-order valence-corrected chi connectivity index (χ3v) is 5.46. The molecule has 2 aromatic heterocycles. The molecule has 9 nitrogen and oxygen atoms in total. The number of carbonyl (C=O) groups is 1. The van der Waals surface area contributed by atoms with Gasteiger partial charge in [0, 0.05) is 11.8 Å². The van der Waals surface area contributed by atoms with Crippen LogP contribution in [0.4, 0.5) is 10.3 Å². The molecule has 1 fully saturated rings. The zero-order valence-electron chi connectivity index (χ0n) is 17.1. The molecule has 2 unspecified atom stereocenters. The number of anilines is 1. The van der Waals surface area contributed by atoms with Gasteiger partial charge in [-0.25, -0.2) is 4.39 Å². The number of fused-ring (bicyclic) bond motifs is 1. The summed E-state index contributed by atoms with van der Waals surface area (Å²) in [5, 5.41) is 12.6. The highest BCUT2D eigenvalue weighted by molar-refractivity contribution is 5.79. The number of aromatic nitrogens is 3. The van der Waals surface area contributed by atoms with Crippen molar-refractivity contribution >= 4 is 23.0 Å². The first-order chi connectivity index (χ1) is 14.7. The zero-order valence-corrected chi connectivity index (χ0v) is 17.1. The number of carboxylic acid groups (broad SMARTS) is 1. The van der Waals surface area contributed by atoms with Crippen LogP contribution in [0.15, 0.2) is 29.2 Å². The third kappa shape index (κ3) is 4.30. The van der Waals surface area contributed by atoms with Gasteiger partial charge in [-0.05, 0) is 36.0 Å². The number of ether oxygens (including phenoxy) is 1. The van der Waals surface area contributed by atoms with Crippen molar-refractivity contribution in [1.82, 2.24) is 20.3 Å². The molecule has 4 rings (SSSR count). The van der Waals surface area contributed by atoms with Gasteiger partial charge in [-0.2, -0.15) is 4.98 Å². The molecule has 3 atom stereocenters. The monoisotopic (exact) mass is 429 g/mol. The van der Waals surface area contributed by atoms with Gasteiger partial charge in [0.2, 0.25) is 5.95 Å². The topological polar surface area (TPSA) is 149 Å². The molecule has 1 aliphatic rings. The van der Waals surface area contributed by atoms with E-state index >= 15 is 0 Å². The Morgan fingerprint density at radius 3 is 2.84 bits per heavy atom. The second-order valence-corrected chi connectivity index (χ2v) is 8.05. The molecule has 0 spiro atoms. The first-order valence-electron chi connectivity index (χ1n) is 10.0. The Morgan fingerprint density at radius 1 is 1.39 bits per heavy atom. The number of nitrogens with one attached hydrogen (secondary N) is 3. The fraction of sp³-hybridized carbons (Fsp3) is 0.381. The molecule has 6 N–H and O–H groups in total. The minimum absolute atomic E-state index is 0.0433. The van der Waals surface area contributed by atoms with Gasteiger partial charge < -0.3 is 20.6 Å². The summed E-state index contributed by atoms with van der Waals surface area (Å²) in [6, 6.07) is 4.15. The summed E-state index contributed by atoms with van der Waals surface area (Å²) in [4.78, 5) is 33.0. The number of nitrogens with zero attached hydrogens (tertiary/aromatic N) is 1. The third-order valence-electron chi connectivity index (χ3n) is 5.46. The molecule has 10 heteroatoms. The van der Waals surface area contributed by atoms with E-state index in [1.54, 1.807) is 26.1 Å². The van der Waals surface area contributed by atoms with Gasteiger partial charge in [-0.15, -0.1) is 0 Å². The summed E-state index contributed by atoms with van der Waals surface area (Å²) in [5.41, 5.74) is 7.59. The number of benzene rings is 1. The maximum atomic E-state index is 14.7. The molecule has 1 saturated heterocycles. The zero-order chi connectivity index (χ0) is 22.3. The number of halogens is 1. The first kappa shape index (κ1) is 21.0. The van der Waals surface area contributed by atoms with E-state index in [1.165, 1.54) is 6.07 Å².